The molecule has 0 spiro atoms. The lowest BCUT2D eigenvalue weighted by atomic mass is 9.95. The van der Waals surface area contributed by atoms with E-state index in [4.69, 9.17) is 5.73 Å². The van der Waals surface area contributed by atoms with Gasteiger partial charge in [-0.15, -0.1) is 0 Å². The Bertz CT molecular complexity index is 327. The summed E-state index contributed by atoms with van der Waals surface area (Å²) in [6.07, 6.45) is 2.34. The molecule has 1 aliphatic carbocycles. The van der Waals surface area contributed by atoms with E-state index in [1.807, 2.05) is 30.3 Å². The van der Waals surface area contributed by atoms with Crippen LogP contribution >= 0.6 is 0 Å². The molecule has 0 bridgehead atoms. The van der Waals surface area contributed by atoms with Crippen molar-refractivity contribution in [3.63, 3.8) is 0 Å². The van der Waals surface area contributed by atoms with Crippen LogP contribution in [0.1, 0.15) is 18.4 Å². The van der Waals surface area contributed by atoms with Crippen LogP contribution in [0.15, 0.2) is 30.3 Å². The first-order chi connectivity index (χ1) is 6.77. The van der Waals surface area contributed by atoms with Crippen molar-refractivity contribution in [3.8, 4) is 0 Å². The molecule has 0 atom stereocenters. The van der Waals surface area contributed by atoms with Gasteiger partial charge in [0.1, 0.15) is 5.78 Å². The van der Waals surface area contributed by atoms with Crippen LogP contribution < -0.4 is 5.73 Å². The number of carbonyl (C=O) groups is 1. The van der Waals surface area contributed by atoms with Crippen LogP contribution in [-0.2, 0) is 11.2 Å². The lowest BCUT2D eigenvalue weighted by molar-refractivity contribution is -0.123. The maximum Gasteiger partial charge on any atom is 0.144 e. The summed E-state index contributed by atoms with van der Waals surface area (Å²) in [5.74, 6) is 0.249. The second-order valence-electron chi connectivity index (χ2n) is 4.04. The van der Waals surface area contributed by atoms with Crippen molar-refractivity contribution in [2.24, 2.45) is 5.41 Å². The topological polar surface area (TPSA) is 40.9 Å². The summed E-state index contributed by atoms with van der Waals surface area (Å²) in [5.41, 5.74) is 8.14. The zero-order valence-electron chi connectivity index (χ0n) is 8.12. The minimum Gasteiger partial charge on any atom is -0.299 e. The highest BCUT2D eigenvalue weighted by molar-refractivity contribution is 5.89. The molecule has 14 heavy (non-hydrogen) atoms. The Morgan fingerprint density at radius 1 is 1.29 bits per heavy atom. The predicted molar refractivity (Wildman–Crippen MR) is 54.8 cm³/mol. The van der Waals surface area contributed by atoms with Gasteiger partial charge >= 0.3 is 0 Å². The summed E-state index contributed by atoms with van der Waals surface area (Å²) < 4.78 is 0. The first-order valence-corrected chi connectivity index (χ1v) is 4.99. The molecule has 2 heteroatoms. The molecule has 2 rings (SSSR count). The third kappa shape index (κ3) is 1.70. The van der Waals surface area contributed by atoms with E-state index < -0.39 is 0 Å². The fourth-order valence-electron chi connectivity index (χ4n) is 1.67. The summed E-state index contributed by atoms with van der Waals surface area (Å²) >= 11 is 0. The van der Waals surface area contributed by atoms with E-state index in [-0.39, 0.29) is 17.7 Å². The van der Waals surface area contributed by atoms with Gasteiger partial charge in [0, 0.05) is 18.4 Å². The van der Waals surface area contributed by atoms with E-state index in [9.17, 15) is 4.79 Å². The van der Waals surface area contributed by atoms with Crippen molar-refractivity contribution in [3.05, 3.63) is 35.9 Å². The van der Waals surface area contributed by atoms with Gasteiger partial charge in [-0.3, -0.25) is 10.5 Å². The quantitative estimate of drug-likeness (QED) is 0.711. The molecule has 0 heterocycles. The number of hydrogen-bond donors (Lipinski definition) is 0. The number of benzene rings is 1. The maximum atomic E-state index is 11.8. The lowest BCUT2D eigenvalue weighted by Crippen LogP contribution is -2.22. The number of nitrogens with one attached hydrogen (secondary N) is 1. The SMILES string of the molecule is [NH]CC1(C(=O)Cc2ccccc2)CC1. The molecule has 0 unspecified atom stereocenters. The summed E-state index contributed by atoms with van der Waals surface area (Å²) in [6.45, 7) is 0.263. The van der Waals surface area contributed by atoms with Crippen molar-refractivity contribution < 1.29 is 4.79 Å². The Kier molecular flexibility index (Phi) is 2.38. The van der Waals surface area contributed by atoms with E-state index in [2.05, 4.69) is 0 Å². The second-order valence-corrected chi connectivity index (χ2v) is 4.04. The molecule has 1 fully saturated rings. The highest BCUT2D eigenvalue weighted by Crippen LogP contribution is 2.46. The average Bonchev–Trinajstić information content (AvgIpc) is 3.00. The van der Waals surface area contributed by atoms with Crippen LogP contribution in [0.2, 0.25) is 0 Å². The third-order valence-corrected chi connectivity index (χ3v) is 2.99. The largest absolute Gasteiger partial charge is 0.299 e. The van der Waals surface area contributed by atoms with Crippen molar-refractivity contribution in [2.75, 3.05) is 6.54 Å². The van der Waals surface area contributed by atoms with E-state index >= 15 is 0 Å². The van der Waals surface area contributed by atoms with Crippen LogP contribution in [0.3, 0.4) is 0 Å². The van der Waals surface area contributed by atoms with Crippen LogP contribution in [0, 0.1) is 5.41 Å². The molecular formula is C12H14NO. The van der Waals surface area contributed by atoms with Crippen molar-refractivity contribution >= 4 is 5.78 Å². The molecule has 1 N–H and O–H groups in total. The fourth-order valence-corrected chi connectivity index (χ4v) is 1.67. The van der Waals surface area contributed by atoms with E-state index in [1.165, 1.54) is 0 Å². The molecule has 0 aliphatic heterocycles. The molecule has 73 valence electrons. The number of Topliss-reactive ketones (excluding diaryl/α,β-unsaturated/α-hetero) is 1. The number of carbonyl (C=O) groups excluding carboxylic acids is 1. The number of rotatable bonds is 4. The van der Waals surface area contributed by atoms with Crippen LogP contribution in [0.25, 0.3) is 0 Å². The van der Waals surface area contributed by atoms with Gasteiger partial charge < -0.3 is 0 Å². The molecule has 1 aromatic rings. The molecular weight excluding hydrogens is 174 g/mol. The number of ketones is 1. The predicted octanol–water partition coefficient (Wildman–Crippen LogP) is 1.86. The molecule has 1 aromatic carbocycles. The van der Waals surface area contributed by atoms with E-state index in [0.29, 0.717) is 6.42 Å². The van der Waals surface area contributed by atoms with Gasteiger partial charge in [0.05, 0.1) is 0 Å². The molecule has 1 aliphatic rings. The Hall–Kier alpha value is -1.15. The Morgan fingerprint density at radius 3 is 2.43 bits per heavy atom. The highest BCUT2D eigenvalue weighted by atomic mass is 16.1. The standard InChI is InChI=1S/C12H14NO/c13-9-12(6-7-12)11(14)8-10-4-2-1-3-5-10/h1-5,13H,6-9H2. The van der Waals surface area contributed by atoms with Crippen LogP contribution in [0.5, 0.6) is 0 Å². The van der Waals surface area contributed by atoms with Gasteiger partial charge in [-0.05, 0) is 18.4 Å². The molecule has 1 saturated carbocycles. The molecule has 0 saturated heterocycles. The van der Waals surface area contributed by atoms with Crippen LogP contribution in [-0.4, -0.2) is 12.3 Å². The Labute approximate surface area is 84.1 Å². The zero-order valence-corrected chi connectivity index (χ0v) is 8.12. The molecule has 1 radical (unpaired) electrons. The Morgan fingerprint density at radius 2 is 1.93 bits per heavy atom. The number of hydrogen-bond acceptors (Lipinski definition) is 1. The maximum absolute atomic E-state index is 11.8. The van der Waals surface area contributed by atoms with Crippen molar-refractivity contribution in [1.82, 2.24) is 5.73 Å². The summed E-state index contributed by atoms with van der Waals surface area (Å²) in [5, 5.41) is 0. The Balaban J connectivity index is 2.02. The van der Waals surface area contributed by atoms with Crippen molar-refractivity contribution in [2.45, 2.75) is 19.3 Å². The smallest absolute Gasteiger partial charge is 0.144 e. The van der Waals surface area contributed by atoms with Gasteiger partial charge in [0.2, 0.25) is 0 Å². The second kappa shape index (κ2) is 3.54. The van der Waals surface area contributed by atoms with Gasteiger partial charge in [-0.1, -0.05) is 30.3 Å². The summed E-state index contributed by atoms with van der Waals surface area (Å²) in [4.78, 5) is 11.8. The minimum atomic E-state index is -0.268. The average molecular weight is 188 g/mol. The first-order valence-electron chi connectivity index (χ1n) is 4.99. The minimum absolute atomic E-state index is 0.249. The monoisotopic (exact) mass is 188 g/mol. The van der Waals surface area contributed by atoms with Crippen LogP contribution in [0.4, 0.5) is 0 Å². The molecule has 2 nitrogen and oxygen atoms in total. The van der Waals surface area contributed by atoms with Gasteiger partial charge in [0.25, 0.3) is 0 Å². The summed E-state index contributed by atoms with van der Waals surface area (Å²) in [6, 6.07) is 9.78. The summed E-state index contributed by atoms with van der Waals surface area (Å²) in [7, 11) is 0. The fraction of sp³-hybridized carbons (Fsp3) is 0.417. The zero-order chi connectivity index (χ0) is 10.0. The van der Waals surface area contributed by atoms with Gasteiger partial charge in [0.15, 0.2) is 0 Å². The van der Waals surface area contributed by atoms with E-state index in [0.717, 1.165) is 18.4 Å². The molecule has 0 amide bonds. The normalized spacial score (nSPS) is 17.8. The highest BCUT2D eigenvalue weighted by Gasteiger charge is 2.47. The molecule has 0 aromatic heterocycles. The van der Waals surface area contributed by atoms with E-state index in [1.54, 1.807) is 0 Å². The van der Waals surface area contributed by atoms with Gasteiger partial charge in [-0.25, -0.2) is 0 Å². The lowest BCUT2D eigenvalue weighted by Gasteiger charge is -2.09. The third-order valence-electron chi connectivity index (χ3n) is 2.99. The van der Waals surface area contributed by atoms with Crippen molar-refractivity contribution in [1.29, 1.82) is 0 Å². The van der Waals surface area contributed by atoms with Gasteiger partial charge in [-0.2, -0.15) is 0 Å². The first kappa shape index (κ1) is 9.41.